The molecule has 0 radical (unpaired) electrons. The highest BCUT2D eigenvalue weighted by molar-refractivity contribution is 5.73. The van der Waals surface area contributed by atoms with Crippen LogP contribution in [0.3, 0.4) is 0 Å². The largest absolute Gasteiger partial charge is 0.397 e. The molecule has 0 aliphatic rings. The summed E-state index contributed by atoms with van der Waals surface area (Å²) in [6.45, 7) is 4.19. The van der Waals surface area contributed by atoms with E-state index in [0.717, 1.165) is 12.8 Å². The van der Waals surface area contributed by atoms with E-state index in [2.05, 4.69) is 19.1 Å². The summed E-state index contributed by atoms with van der Waals surface area (Å²) in [5, 5.41) is 7.57. The van der Waals surface area contributed by atoms with Gasteiger partial charge in [0, 0.05) is 13.0 Å². The Kier molecular flexibility index (Phi) is 24.9. The van der Waals surface area contributed by atoms with Gasteiger partial charge in [-0.05, 0) is 39.0 Å². The van der Waals surface area contributed by atoms with Crippen molar-refractivity contribution in [1.29, 1.82) is 0 Å². The van der Waals surface area contributed by atoms with E-state index in [9.17, 15) is 4.79 Å². The molecule has 3 N–H and O–H groups in total. The van der Waals surface area contributed by atoms with Crippen LogP contribution in [-0.4, -0.2) is 17.6 Å². The minimum absolute atomic E-state index is 0.164. The highest BCUT2D eigenvalue weighted by atomic mass is 16.2. The van der Waals surface area contributed by atoms with Gasteiger partial charge in [0.25, 0.3) is 0 Å². The maximum Gasteiger partial charge on any atom is 0.217 e. The molecule has 3 heteroatoms. The Morgan fingerprint density at radius 1 is 0.783 bits per heavy atom. The summed E-state index contributed by atoms with van der Waals surface area (Å²) in [7, 11) is 0. The number of unbranched alkanes of at least 4 members (excludes halogenated alkanes) is 11. The van der Waals surface area contributed by atoms with E-state index < -0.39 is 0 Å². The molecule has 0 rings (SSSR count). The van der Waals surface area contributed by atoms with Gasteiger partial charge >= 0.3 is 0 Å². The summed E-state index contributed by atoms with van der Waals surface area (Å²) in [5.41, 5.74) is 5.10. The smallest absolute Gasteiger partial charge is 0.217 e. The molecule has 23 heavy (non-hydrogen) atoms. The number of aliphatic hydroxyl groups is 1. The van der Waals surface area contributed by atoms with Gasteiger partial charge < -0.3 is 10.8 Å². The van der Waals surface area contributed by atoms with E-state index in [0.29, 0.717) is 6.42 Å². The van der Waals surface area contributed by atoms with Gasteiger partial charge in [-0.15, -0.1) is 0 Å². The third kappa shape index (κ3) is 29.8. The van der Waals surface area contributed by atoms with Crippen LogP contribution in [0, 0.1) is 0 Å². The van der Waals surface area contributed by atoms with Crippen molar-refractivity contribution < 1.29 is 9.90 Å². The average molecular weight is 328 g/mol. The number of rotatable bonds is 15. The zero-order chi connectivity index (χ0) is 17.6. The molecule has 0 fully saturated rings. The first-order chi connectivity index (χ1) is 11.2. The number of hydrogen-bond acceptors (Lipinski definition) is 2. The number of primary amides is 1. The summed E-state index contributed by atoms with van der Waals surface area (Å²) >= 11 is 0. The molecule has 0 aliphatic heterocycles. The molecule has 138 valence electrons. The number of aliphatic hydroxyl groups excluding tert-OH is 1. The van der Waals surface area contributed by atoms with Crippen LogP contribution in [0.1, 0.15) is 104 Å². The van der Waals surface area contributed by atoms with Crippen molar-refractivity contribution >= 4 is 5.91 Å². The zero-order valence-corrected chi connectivity index (χ0v) is 15.7. The second-order valence-electron chi connectivity index (χ2n) is 6.12. The SMILES string of the molecule is CCCCCCCC/C=C\CCCCCCCC(N)=O.CCO. The first-order valence-electron chi connectivity index (χ1n) is 9.73. The standard InChI is InChI=1S/C18H35NO.C2H6O/c1-2-3-4-5-6-7-8-9-10-11-12-13-14-15-16-17-18(19)20;1-2-3/h9-10H,2-8,11-17H2,1H3,(H2,19,20);3H,2H2,1H3/b10-9-;. The highest BCUT2D eigenvalue weighted by Gasteiger charge is 1.94. The molecule has 0 atom stereocenters. The summed E-state index contributed by atoms with van der Waals surface area (Å²) < 4.78 is 0. The van der Waals surface area contributed by atoms with E-state index in [4.69, 9.17) is 10.8 Å². The molecule has 0 bridgehead atoms. The summed E-state index contributed by atoms with van der Waals surface area (Å²) in [4.78, 5) is 10.5. The molecule has 0 aromatic rings. The summed E-state index contributed by atoms with van der Waals surface area (Å²) in [6, 6.07) is 0. The molecule has 1 amide bonds. The Balaban J connectivity index is 0. The third-order valence-corrected chi connectivity index (χ3v) is 3.68. The molecule has 0 heterocycles. The lowest BCUT2D eigenvalue weighted by Crippen LogP contribution is -2.09. The zero-order valence-electron chi connectivity index (χ0n) is 15.7. The number of amides is 1. The van der Waals surface area contributed by atoms with Crippen LogP contribution < -0.4 is 5.73 Å². The Bertz CT molecular complexity index is 252. The molecule has 3 nitrogen and oxygen atoms in total. The highest BCUT2D eigenvalue weighted by Crippen LogP contribution is 2.09. The summed E-state index contributed by atoms with van der Waals surface area (Å²) in [6.07, 6.45) is 21.9. The predicted octanol–water partition coefficient (Wildman–Crippen LogP) is 5.51. The molecule has 0 aromatic carbocycles. The number of hydrogen-bond donors (Lipinski definition) is 2. The lowest BCUT2D eigenvalue weighted by molar-refractivity contribution is -0.118. The van der Waals surface area contributed by atoms with Gasteiger partial charge in [-0.25, -0.2) is 0 Å². The van der Waals surface area contributed by atoms with E-state index in [1.54, 1.807) is 6.92 Å². The topological polar surface area (TPSA) is 63.3 Å². The van der Waals surface area contributed by atoms with Crippen LogP contribution in [0.4, 0.5) is 0 Å². The fraction of sp³-hybridized carbons (Fsp3) is 0.850. The van der Waals surface area contributed by atoms with Crippen molar-refractivity contribution in [2.45, 2.75) is 104 Å². The molecule has 0 aliphatic carbocycles. The van der Waals surface area contributed by atoms with Gasteiger partial charge in [-0.2, -0.15) is 0 Å². The van der Waals surface area contributed by atoms with E-state index in [1.165, 1.54) is 70.6 Å². The van der Waals surface area contributed by atoms with Crippen molar-refractivity contribution in [3.05, 3.63) is 12.2 Å². The van der Waals surface area contributed by atoms with Crippen LogP contribution >= 0.6 is 0 Å². The lowest BCUT2D eigenvalue weighted by Gasteiger charge is -1.99. The van der Waals surface area contributed by atoms with Gasteiger partial charge in [-0.3, -0.25) is 4.79 Å². The van der Waals surface area contributed by atoms with Crippen molar-refractivity contribution in [2.24, 2.45) is 5.73 Å². The van der Waals surface area contributed by atoms with Gasteiger partial charge in [0.15, 0.2) is 0 Å². The molecule has 0 unspecified atom stereocenters. The maximum absolute atomic E-state index is 10.5. The molecule has 0 saturated carbocycles. The molecule has 0 aromatic heterocycles. The second kappa shape index (κ2) is 23.4. The Hall–Kier alpha value is -0.830. The van der Waals surface area contributed by atoms with Crippen LogP contribution in [0.25, 0.3) is 0 Å². The molecule has 0 saturated heterocycles. The molecular weight excluding hydrogens is 286 g/mol. The van der Waals surface area contributed by atoms with Crippen molar-refractivity contribution in [3.63, 3.8) is 0 Å². The van der Waals surface area contributed by atoms with E-state index in [-0.39, 0.29) is 12.5 Å². The van der Waals surface area contributed by atoms with Gasteiger partial charge in [0.05, 0.1) is 0 Å². The number of carbonyl (C=O) groups excluding carboxylic acids is 1. The van der Waals surface area contributed by atoms with Crippen LogP contribution in [0.5, 0.6) is 0 Å². The van der Waals surface area contributed by atoms with E-state index >= 15 is 0 Å². The number of carbonyl (C=O) groups is 1. The fourth-order valence-corrected chi connectivity index (χ4v) is 2.37. The summed E-state index contributed by atoms with van der Waals surface area (Å²) in [5.74, 6) is -0.164. The Labute approximate surface area is 144 Å². The van der Waals surface area contributed by atoms with E-state index in [1.807, 2.05) is 0 Å². The Morgan fingerprint density at radius 3 is 1.61 bits per heavy atom. The fourth-order valence-electron chi connectivity index (χ4n) is 2.37. The van der Waals surface area contributed by atoms with Gasteiger partial charge in [0.2, 0.25) is 5.91 Å². The first-order valence-corrected chi connectivity index (χ1v) is 9.73. The van der Waals surface area contributed by atoms with Gasteiger partial charge in [-0.1, -0.05) is 70.4 Å². The first kappa shape index (κ1) is 24.4. The molecular formula is C20H41NO2. The van der Waals surface area contributed by atoms with Crippen LogP contribution in [-0.2, 0) is 4.79 Å². The van der Waals surface area contributed by atoms with Crippen molar-refractivity contribution in [1.82, 2.24) is 0 Å². The normalized spacial score (nSPS) is 10.6. The quantitative estimate of drug-likeness (QED) is 0.308. The minimum atomic E-state index is -0.164. The predicted molar refractivity (Wildman–Crippen MR) is 101 cm³/mol. The maximum atomic E-state index is 10.5. The Morgan fingerprint density at radius 2 is 1.17 bits per heavy atom. The van der Waals surface area contributed by atoms with Crippen LogP contribution in [0.15, 0.2) is 12.2 Å². The second-order valence-corrected chi connectivity index (χ2v) is 6.12. The van der Waals surface area contributed by atoms with Crippen molar-refractivity contribution in [3.8, 4) is 0 Å². The van der Waals surface area contributed by atoms with Gasteiger partial charge in [0.1, 0.15) is 0 Å². The number of allylic oxidation sites excluding steroid dienone is 2. The molecule has 0 spiro atoms. The number of nitrogens with two attached hydrogens (primary N) is 1. The minimum Gasteiger partial charge on any atom is -0.397 e. The monoisotopic (exact) mass is 327 g/mol. The lowest BCUT2D eigenvalue weighted by atomic mass is 10.1. The average Bonchev–Trinajstić information content (AvgIpc) is 2.51. The third-order valence-electron chi connectivity index (χ3n) is 3.68. The van der Waals surface area contributed by atoms with Crippen LogP contribution in [0.2, 0.25) is 0 Å². The van der Waals surface area contributed by atoms with Crippen molar-refractivity contribution in [2.75, 3.05) is 6.61 Å².